The van der Waals surface area contributed by atoms with E-state index in [0.29, 0.717) is 5.56 Å². The van der Waals surface area contributed by atoms with Gasteiger partial charge >= 0.3 is 5.97 Å². The number of hydrogen-bond acceptors (Lipinski definition) is 4. The number of hydrogen-bond donors (Lipinski definition) is 1. The fraction of sp³-hybridized carbons (Fsp3) is 0.211. The van der Waals surface area contributed by atoms with E-state index in [4.69, 9.17) is 4.74 Å². The molecule has 0 aliphatic rings. The van der Waals surface area contributed by atoms with E-state index >= 15 is 0 Å². The highest BCUT2D eigenvalue weighted by Gasteiger charge is 2.19. The second-order valence-electron chi connectivity index (χ2n) is 5.38. The van der Waals surface area contributed by atoms with Gasteiger partial charge in [0.25, 0.3) is 5.91 Å². The fourth-order valence-electron chi connectivity index (χ4n) is 2.13. The second-order valence-corrected chi connectivity index (χ2v) is 5.38. The molecule has 0 fully saturated rings. The van der Waals surface area contributed by atoms with E-state index in [2.05, 4.69) is 5.32 Å². The highest BCUT2D eigenvalue weighted by Crippen LogP contribution is 2.09. The molecule has 1 amide bonds. The number of halogens is 1. The van der Waals surface area contributed by atoms with Crippen LogP contribution in [0.15, 0.2) is 54.6 Å². The van der Waals surface area contributed by atoms with E-state index in [-0.39, 0.29) is 24.4 Å². The van der Waals surface area contributed by atoms with Gasteiger partial charge in [0.1, 0.15) is 5.82 Å². The van der Waals surface area contributed by atoms with Crippen LogP contribution in [0.2, 0.25) is 0 Å². The van der Waals surface area contributed by atoms with Gasteiger partial charge in [0.15, 0.2) is 6.10 Å². The van der Waals surface area contributed by atoms with Gasteiger partial charge in [0.2, 0.25) is 5.78 Å². The Hall–Kier alpha value is -3.02. The van der Waals surface area contributed by atoms with Gasteiger partial charge < -0.3 is 10.1 Å². The van der Waals surface area contributed by atoms with Crippen LogP contribution >= 0.6 is 0 Å². The average Bonchev–Trinajstić information content (AvgIpc) is 2.62. The molecule has 6 heteroatoms. The maximum atomic E-state index is 12.9. The zero-order valence-electron chi connectivity index (χ0n) is 13.7. The summed E-state index contributed by atoms with van der Waals surface area (Å²) in [6.07, 6.45) is -1.04. The van der Waals surface area contributed by atoms with Crippen molar-refractivity contribution >= 4 is 17.7 Å². The zero-order chi connectivity index (χ0) is 18.2. The number of carbonyl (C=O) groups is 3. The summed E-state index contributed by atoms with van der Waals surface area (Å²) in [4.78, 5) is 35.7. The van der Waals surface area contributed by atoms with Crippen molar-refractivity contribution in [3.05, 3.63) is 71.5 Å². The predicted octanol–water partition coefficient (Wildman–Crippen LogP) is 2.76. The molecular weight excluding hydrogens is 325 g/mol. The Kier molecular flexibility index (Phi) is 6.39. The van der Waals surface area contributed by atoms with E-state index in [1.165, 1.54) is 31.2 Å². The Morgan fingerprint density at radius 1 is 1.00 bits per heavy atom. The van der Waals surface area contributed by atoms with Crippen LogP contribution in [-0.2, 0) is 9.53 Å². The minimum Gasteiger partial charge on any atom is -0.454 e. The number of carbonyl (C=O) groups excluding carboxylic acids is 3. The first kappa shape index (κ1) is 18.3. The molecule has 0 saturated carbocycles. The largest absolute Gasteiger partial charge is 0.454 e. The molecule has 0 aliphatic carbocycles. The molecular formula is C19H18FNO4. The lowest BCUT2D eigenvalue weighted by molar-refractivity contribution is -0.146. The van der Waals surface area contributed by atoms with E-state index in [1.807, 2.05) is 0 Å². The van der Waals surface area contributed by atoms with Gasteiger partial charge in [-0.3, -0.25) is 14.4 Å². The summed E-state index contributed by atoms with van der Waals surface area (Å²) in [5, 5.41) is 2.60. The lowest BCUT2D eigenvalue weighted by Crippen LogP contribution is -2.29. The quantitative estimate of drug-likeness (QED) is 0.620. The number of rotatable bonds is 7. The summed E-state index contributed by atoms with van der Waals surface area (Å²) < 4.78 is 17.9. The van der Waals surface area contributed by atoms with Gasteiger partial charge in [-0.05, 0) is 43.3 Å². The van der Waals surface area contributed by atoms with Crippen LogP contribution in [0.5, 0.6) is 0 Å². The Labute approximate surface area is 144 Å². The third kappa shape index (κ3) is 5.53. The number of ketones is 1. The van der Waals surface area contributed by atoms with Crippen LogP contribution in [0.25, 0.3) is 0 Å². The van der Waals surface area contributed by atoms with E-state index < -0.39 is 23.7 Å². The Morgan fingerprint density at radius 2 is 1.64 bits per heavy atom. The van der Waals surface area contributed by atoms with Crippen molar-refractivity contribution < 1.29 is 23.5 Å². The van der Waals surface area contributed by atoms with Crippen LogP contribution in [-0.4, -0.2) is 30.3 Å². The molecule has 1 unspecified atom stereocenters. The molecule has 130 valence electrons. The van der Waals surface area contributed by atoms with Gasteiger partial charge in [-0.2, -0.15) is 0 Å². The molecule has 0 aromatic heterocycles. The summed E-state index contributed by atoms with van der Waals surface area (Å²) in [5.41, 5.74) is 0.759. The number of ether oxygens (including phenoxy) is 1. The maximum Gasteiger partial charge on any atom is 0.308 e. The summed E-state index contributed by atoms with van der Waals surface area (Å²) in [6, 6.07) is 13.6. The Bertz CT molecular complexity index is 744. The topological polar surface area (TPSA) is 72.5 Å². The standard InChI is InChI=1S/C19H18FNO4/c1-13(18(23)14-7-9-16(20)10-8-14)25-17(22)11-12-21-19(24)15-5-3-2-4-6-15/h2-10,13H,11-12H2,1H3,(H,21,24). The summed E-state index contributed by atoms with van der Waals surface area (Å²) >= 11 is 0. The number of amides is 1. The first-order valence-electron chi connectivity index (χ1n) is 7.80. The van der Waals surface area contributed by atoms with Crippen molar-refractivity contribution in [3.8, 4) is 0 Å². The highest BCUT2D eigenvalue weighted by molar-refractivity contribution is 6.00. The highest BCUT2D eigenvalue weighted by atomic mass is 19.1. The summed E-state index contributed by atoms with van der Waals surface area (Å²) in [6.45, 7) is 1.55. The van der Waals surface area contributed by atoms with Crippen LogP contribution in [0.1, 0.15) is 34.1 Å². The Balaban J connectivity index is 1.76. The molecule has 0 saturated heterocycles. The second kappa shape index (κ2) is 8.73. The number of Topliss-reactive ketones (excluding diaryl/α,β-unsaturated/α-hetero) is 1. The van der Waals surface area contributed by atoms with Crippen LogP contribution in [0, 0.1) is 5.82 Å². The molecule has 2 aromatic rings. The van der Waals surface area contributed by atoms with E-state index in [9.17, 15) is 18.8 Å². The molecule has 0 heterocycles. The minimum atomic E-state index is -0.984. The number of benzene rings is 2. The molecule has 1 N–H and O–H groups in total. The number of nitrogens with one attached hydrogen (secondary N) is 1. The third-order valence-electron chi connectivity index (χ3n) is 3.46. The van der Waals surface area contributed by atoms with Crippen LogP contribution in [0.3, 0.4) is 0 Å². The smallest absolute Gasteiger partial charge is 0.308 e. The van der Waals surface area contributed by atoms with Gasteiger partial charge in [-0.1, -0.05) is 18.2 Å². The molecule has 25 heavy (non-hydrogen) atoms. The summed E-state index contributed by atoms with van der Waals surface area (Å²) in [5.74, 6) is -1.75. The van der Waals surface area contributed by atoms with Gasteiger partial charge in [0, 0.05) is 17.7 Å². The molecule has 0 bridgehead atoms. The van der Waals surface area contributed by atoms with Crippen molar-refractivity contribution in [2.24, 2.45) is 0 Å². The first-order valence-corrected chi connectivity index (χ1v) is 7.80. The lowest BCUT2D eigenvalue weighted by atomic mass is 10.1. The molecule has 0 radical (unpaired) electrons. The fourth-order valence-corrected chi connectivity index (χ4v) is 2.13. The SMILES string of the molecule is CC(OC(=O)CCNC(=O)c1ccccc1)C(=O)c1ccc(F)cc1. The van der Waals surface area contributed by atoms with Crippen molar-refractivity contribution in [1.82, 2.24) is 5.32 Å². The van der Waals surface area contributed by atoms with E-state index in [1.54, 1.807) is 30.3 Å². The van der Waals surface area contributed by atoms with Crippen molar-refractivity contribution in [2.75, 3.05) is 6.54 Å². The predicted molar refractivity (Wildman–Crippen MR) is 89.7 cm³/mol. The molecule has 1 atom stereocenters. The van der Waals surface area contributed by atoms with Crippen molar-refractivity contribution in [3.63, 3.8) is 0 Å². The maximum absolute atomic E-state index is 12.9. The molecule has 0 spiro atoms. The number of esters is 1. The molecule has 2 aromatic carbocycles. The molecule has 5 nitrogen and oxygen atoms in total. The van der Waals surface area contributed by atoms with Crippen molar-refractivity contribution in [1.29, 1.82) is 0 Å². The van der Waals surface area contributed by atoms with Crippen LogP contribution in [0.4, 0.5) is 4.39 Å². The zero-order valence-corrected chi connectivity index (χ0v) is 13.7. The Morgan fingerprint density at radius 3 is 2.28 bits per heavy atom. The van der Waals surface area contributed by atoms with Crippen LogP contribution < -0.4 is 5.32 Å². The van der Waals surface area contributed by atoms with Gasteiger partial charge in [-0.15, -0.1) is 0 Å². The van der Waals surface area contributed by atoms with Crippen molar-refractivity contribution in [2.45, 2.75) is 19.4 Å². The lowest BCUT2D eigenvalue weighted by Gasteiger charge is -2.12. The summed E-state index contributed by atoms with van der Waals surface area (Å²) in [7, 11) is 0. The normalized spacial score (nSPS) is 11.4. The molecule has 2 rings (SSSR count). The molecule has 0 aliphatic heterocycles. The van der Waals surface area contributed by atoms with Gasteiger partial charge in [-0.25, -0.2) is 4.39 Å². The van der Waals surface area contributed by atoms with E-state index in [0.717, 1.165) is 0 Å². The third-order valence-corrected chi connectivity index (χ3v) is 3.46. The van der Waals surface area contributed by atoms with Gasteiger partial charge in [0.05, 0.1) is 6.42 Å². The minimum absolute atomic E-state index is 0.0559. The first-order chi connectivity index (χ1) is 12.0. The monoisotopic (exact) mass is 343 g/mol. The average molecular weight is 343 g/mol.